The first-order valence-corrected chi connectivity index (χ1v) is 4.12. The van der Waals surface area contributed by atoms with Gasteiger partial charge < -0.3 is 10.3 Å². The highest BCUT2D eigenvalue weighted by Crippen LogP contribution is 1.94. The van der Waals surface area contributed by atoms with Crippen molar-refractivity contribution in [3.63, 3.8) is 0 Å². The molecule has 0 fully saturated rings. The highest BCUT2D eigenvalue weighted by atomic mass is 16.2. The van der Waals surface area contributed by atoms with Gasteiger partial charge in [0, 0.05) is 14.1 Å². The van der Waals surface area contributed by atoms with Crippen molar-refractivity contribution in [1.29, 1.82) is 0 Å². The molecule has 2 N–H and O–H groups in total. The summed E-state index contributed by atoms with van der Waals surface area (Å²) in [6.07, 6.45) is 0. The monoisotopic (exact) mass is 208 g/mol. The number of aromatic nitrogens is 4. The Hall–Kier alpha value is -2.34. The highest BCUT2D eigenvalue weighted by Gasteiger charge is 2.14. The number of hydrogen-bond donors (Lipinski definition) is 2. The number of rotatable bonds is 0. The summed E-state index contributed by atoms with van der Waals surface area (Å²) in [5.41, 5.74) is 8.09. The zero-order valence-electron chi connectivity index (χ0n) is 8.11. The van der Waals surface area contributed by atoms with Crippen LogP contribution in [0.1, 0.15) is 0 Å². The molecule has 0 unspecified atom stereocenters. The van der Waals surface area contributed by atoms with Crippen molar-refractivity contribution in [2.45, 2.75) is 0 Å². The van der Waals surface area contributed by atoms with Crippen LogP contribution in [0.4, 0.5) is 0 Å². The Balaban J connectivity index is 3.26. The highest BCUT2D eigenvalue weighted by molar-refractivity contribution is 5.68. The third kappa shape index (κ3) is 1.09. The molecule has 0 aliphatic rings. The van der Waals surface area contributed by atoms with Gasteiger partial charge in [-0.2, -0.15) is 0 Å². The average molecular weight is 208 g/mol. The largest absolute Gasteiger partial charge is 0.543 e. The number of fused-ring (bicyclic) bond motifs is 1. The van der Waals surface area contributed by atoms with Crippen molar-refractivity contribution < 1.29 is 4.79 Å². The molecular formula is C7H8N6O2. The van der Waals surface area contributed by atoms with Gasteiger partial charge >= 0.3 is 11.3 Å². The van der Waals surface area contributed by atoms with Crippen molar-refractivity contribution in [3.05, 3.63) is 32.0 Å². The van der Waals surface area contributed by atoms with Gasteiger partial charge in [0.25, 0.3) is 5.56 Å². The molecule has 0 saturated heterocycles. The summed E-state index contributed by atoms with van der Waals surface area (Å²) in [6, 6.07) is 0. The molecule has 78 valence electrons. The van der Waals surface area contributed by atoms with Gasteiger partial charge in [0.1, 0.15) is 0 Å². The molecule has 0 atom stereocenters. The first-order valence-electron chi connectivity index (χ1n) is 4.12. The lowest BCUT2D eigenvalue weighted by Crippen LogP contribution is -2.36. The van der Waals surface area contributed by atoms with E-state index in [2.05, 4.69) is 14.8 Å². The van der Waals surface area contributed by atoms with Crippen molar-refractivity contribution in [2.24, 2.45) is 14.1 Å². The second-order valence-corrected chi connectivity index (χ2v) is 3.13. The Labute approximate surface area is 82.0 Å². The zero-order chi connectivity index (χ0) is 11.2. The number of hydrogen-bond acceptors (Lipinski definition) is 2. The van der Waals surface area contributed by atoms with Crippen LogP contribution in [0.3, 0.4) is 0 Å². The van der Waals surface area contributed by atoms with Gasteiger partial charge in [0.15, 0.2) is 0 Å². The second-order valence-electron chi connectivity index (χ2n) is 3.13. The molecule has 0 aliphatic heterocycles. The van der Waals surface area contributed by atoms with E-state index in [-0.39, 0.29) is 16.8 Å². The van der Waals surface area contributed by atoms with Gasteiger partial charge in [0.2, 0.25) is 11.2 Å². The van der Waals surface area contributed by atoms with Crippen LogP contribution in [0.2, 0.25) is 0 Å². The lowest BCUT2D eigenvalue weighted by Gasteiger charge is -1.98. The summed E-state index contributed by atoms with van der Waals surface area (Å²) in [5.74, 6) is 0. The van der Waals surface area contributed by atoms with Crippen molar-refractivity contribution in [1.82, 2.24) is 19.1 Å². The SMILES string of the molecule is Cn1c(=O)c2[nH]c(=[N+]=[N-])[nH]c2n(C)c1=O. The van der Waals surface area contributed by atoms with Gasteiger partial charge in [-0.15, -0.1) is 0 Å². The zero-order valence-corrected chi connectivity index (χ0v) is 8.11. The minimum Gasteiger partial charge on any atom is -0.543 e. The van der Waals surface area contributed by atoms with E-state index < -0.39 is 11.2 Å². The topological polar surface area (TPSA) is 112 Å². The van der Waals surface area contributed by atoms with Gasteiger partial charge in [-0.3, -0.25) is 13.9 Å². The first-order chi connectivity index (χ1) is 7.06. The van der Waals surface area contributed by atoms with E-state index in [1.54, 1.807) is 0 Å². The van der Waals surface area contributed by atoms with Gasteiger partial charge in [-0.05, 0) is 0 Å². The Morgan fingerprint density at radius 3 is 2.47 bits per heavy atom. The minimum atomic E-state index is -0.473. The predicted molar refractivity (Wildman–Crippen MR) is 49.9 cm³/mol. The molecule has 8 heteroatoms. The average Bonchev–Trinajstić information content (AvgIpc) is 2.67. The quantitative estimate of drug-likeness (QED) is 0.386. The van der Waals surface area contributed by atoms with E-state index in [4.69, 9.17) is 5.53 Å². The van der Waals surface area contributed by atoms with Crippen LogP contribution >= 0.6 is 0 Å². The van der Waals surface area contributed by atoms with E-state index in [9.17, 15) is 9.59 Å². The maximum absolute atomic E-state index is 11.6. The second kappa shape index (κ2) is 2.82. The van der Waals surface area contributed by atoms with Crippen LogP contribution in [0, 0.1) is 0 Å². The van der Waals surface area contributed by atoms with Gasteiger partial charge in [-0.25, -0.2) is 14.8 Å². The van der Waals surface area contributed by atoms with Crippen molar-refractivity contribution >= 4 is 11.2 Å². The van der Waals surface area contributed by atoms with E-state index in [0.717, 1.165) is 4.57 Å². The molecule has 8 nitrogen and oxygen atoms in total. The maximum Gasteiger partial charge on any atom is 0.434 e. The number of aryl methyl sites for hydroxylation is 1. The summed E-state index contributed by atoms with van der Waals surface area (Å²) in [6.45, 7) is 0. The molecule has 2 aromatic rings. The van der Waals surface area contributed by atoms with Crippen LogP contribution in [-0.4, -0.2) is 23.9 Å². The predicted octanol–water partition coefficient (Wildman–Crippen LogP) is -1.98. The Bertz CT molecular complexity index is 735. The molecular weight excluding hydrogens is 200 g/mol. The number of nitrogens with one attached hydrogen (secondary N) is 2. The summed E-state index contributed by atoms with van der Waals surface area (Å²) < 4.78 is 2.22. The van der Waals surface area contributed by atoms with E-state index in [0.29, 0.717) is 0 Å². The molecule has 2 aromatic heterocycles. The third-order valence-corrected chi connectivity index (χ3v) is 2.24. The number of imidazole rings is 1. The molecule has 15 heavy (non-hydrogen) atoms. The molecule has 0 saturated carbocycles. The lowest BCUT2D eigenvalue weighted by atomic mass is 10.5. The fourth-order valence-corrected chi connectivity index (χ4v) is 1.42. The Morgan fingerprint density at radius 2 is 1.87 bits per heavy atom. The molecule has 0 radical (unpaired) electrons. The summed E-state index contributed by atoms with van der Waals surface area (Å²) in [7, 11) is 2.89. The molecule has 0 aliphatic carbocycles. The molecule has 0 amide bonds. The third-order valence-electron chi connectivity index (χ3n) is 2.24. The molecule has 2 rings (SSSR count). The normalized spacial score (nSPS) is 10.5. The fourth-order valence-electron chi connectivity index (χ4n) is 1.42. The van der Waals surface area contributed by atoms with E-state index in [1.807, 2.05) is 0 Å². The van der Waals surface area contributed by atoms with E-state index >= 15 is 0 Å². The molecule has 0 aromatic carbocycles. The number of nitrogens with zero attached hydrogens (tertiary/aromatic N) is 4. The lowest BCUT2D eigenvalue weighted by molar-refractivity contribution is -0.0776. The number of H-pyrrole nitrogens is 2. The van der Waals surface area contributed by atoms with E-state index in [1.165, 1.54) is 18.7 Å². The van der Waals surface area contributed by atoms with Crippen LogP contribution < -0.4 is 16.9 Å². The summed E-state index contributed by atoms with van der Waals surface area (Å²) in [4.78, 5) is 31.1. The minimum absolute atomic E-state index is 0.0169. The molecule has 0 spiro atoms. The maximum atomic E-state index is 11.6. The number of aromatic amines is 2. The van der Waals surface area contributed by atoms with Crippen LogP contribution in [0.5, 0.6) is 0 Å². The van der Waals surface area contributed by atoms with Crippen LogP contribution in [0.15, 0.2) is 9.59 Å². The molecule has 2 heterocycles. The van der Waals surface area contributed by atoms with Crippen molar-refractivity contribution in [3.8, 4) is 0 Å². The van der Waals surface area contributed by atoms with Gasteiger partial charge in [-0.1, -0.05) is 0 Å². The summed E-state index contributed by atoms with van der Waals surface area (Å²) >= 11 is 0. The van der Waals surface area contributed by atoms with Crippen molar-refractivity contribution in [2.75, 3.05) is 0 Å². The van der Waals surface area contributed by atoms with Crippen LogP contribution in [0.25, 0.3) is 16.7 Å². The molecule has 0 bridgehead atoms. The van der Waals surface area contributed by atoms with Crippen LogP contribution in [-0.2, 0) is 14.1 Å². The first kappa shape index (κ1) is 9.22. The standard InChI is InChI=1S/C7H8N6O2/c1-12-4-3(9-6(10-4)11-8)5(14)13(2)7(12)15/h9-10H,1-2H3. The Morgan fingerprint density at radius 1 is 1.20 bits per heavy atom. The Kier molecular flexibility index (Phi) is 1.74. The smallest absolute Gasteiger partial charge is 0.434 e. The fraction of sp³-hybridized carbons (Fsp3) is 0.286. The summed E-state index contributed by atoms with van der Waals surface area (Å²) in [5, 5.41) is 0. The van der Waals surface area contributed by atoms with Gasteiger partial charge in [0.05, 0.1) is 0 Å².